The van der Waals surface area contributed by atoms with Gasteiger partial charge >= 0.3 is 0 Å². The monoisotopic (exact) mass is 311 g/mol. The average Bonchev–Trinajstić information content (AvgIpc) is 2.43. The van der Waals surface area contributed by atoms with Crippen LogP contribution in [-0.4, -0.2) is 31.2 Å². The fourth-order valence-corrected chi connectivity index (χ4v) is 5.11. The van der Waals surface area contributed by atoms with Crippen molar-refractivity contribution in [3.8, 4) is 0 Å². The van der Waals surface area contributed by atoms with Crippen molar-refractivity contribution >= 4 is 10.0 Å². The van der Waals surface area contributed by atoms with Crippen LogP contribution in [0.25, 0.3) is 0 Å². The van der Waals surface area contributed by atoms with Crippen LogP contribution in [0.5, 0.6) is 0 Å². The Morgan fingerprint density at radius 2 is 1.71 bits per heavy atom. The molecule has 118 valence electrons. The van der Waals surface area contributed by atoms with E-state index in [1.54, 1.807) is 12.4 Å². The van der Waals surface area contributed by atoms with E-state index in [4.69, 9.17) is 5.73 Å². The largest absolute Gasteiger partial charge is 0.327 e. The summed E-state index contributed by atoms with van der Waals surface area (Å²) < 4.78 is 27.5. The van der Waals surface area contributed by atoms with E-state index >= 15 is 0 Å². The van der Waals surface area contributed by atoms with Gasteiger partial charge in [0.2, 0.25) is 10.0 Å². The Morgan fingerprint density at radius 3 is 2.24 bits per heavy atom. The van der Waals surface area contributed by atoms with Crippen LogP contribution < -0.4 is 10.5 Å². The van der Waals surface area contributed by atoms with Crippen LogP contribution in [-0.2, 0) is 16.4 Å². The molecule has 1 aliphatic rings. The van der Waals surface area contributed by atoms with Crippen LogP contribution in [0.2, 0.25) is 0 Å². The van der Waals surface area contributed by atoms with Gasteiger partial charge in [-0.3, -0.25) is 4.98 Å². The summed E-state index contributed by atoms with van der Waals surface area (Å²) in [5, 5.41) is 0. The summed E-state index contributed by atoms with van der Waals surface area (Å²) in [5.74, 6) is 0.0783. The third-order valence-corrected chi connectivity index (χ3v) is 6.13. The molecule has 1 aromatic heterocycles. The first-order valence-electron chi connectivity index (χ1n) is 7.22. The first kappa shape index (κ1) is 16.4. The summed E-state index contributed by atoms with van der Waals surface area (Å²) in [6.45, 7) is 8.05. The molecule has 6 heteroatoms. The highest BCUT2D eigenvalue weighted by Gasteiger charge is 2.60. The van der Waals surface area contributed by atoms with Gasteiger partial charge in [-0.15, -0.1) is 0 Å². The molecule has 0 bridgehead atoms. The predicted octanol–water partition coefficient (Wildman–Crippen LogP) is 1.31. The van der Waals surface area contributed by atoms with E-state index in [0.29, 0.717) is 6.42 Å². The third-order valence-electron chi connectivity index (χ3n) is 4.80. The molecule has 0 amide bonds. The predicted molar refractivity (Wildman–Crippen MR) is 84.2 cm³/mol. The number of hydrogen-bond donors (Lipinski definition) is 2. The Kier molecular flexibility index (Phi) is 4.17. The van der Waals surface area contributed by atoms with E-state index in [1.807, 2.05) is 39.8 Å². The number of hydrogen-bond acceptors (Lipinski definition) is 4. The van der Waals surface area contributed by atoms with Gasteiger partial charge in [0.05, 0.1) is 5.75 Å². The summed E-state index contributed by atoms with van der Waals surface area (Å²) in [5.41, 5.74) is 6.68. The standard InChI is InChI=1S/C15H25N3O2S/c1-14(2)12(16)15(3,4)13(14)18-21(19,20)10-7-11-5-8-17-9-6-11/h5-6,8-9,12-13,18H,7,10,16H2,1-4H3. The molecule has 1 heterocycles. The van der Waals surface area contributed by atoms with Gasteiger partial charge < -0.3 is 5.73 Å². The van der Waals surface area contributed by atoms with E-state index in [2.05, 4.69) is 9.71 Å². The van der Waals surface area contributed by atoms with Crippen LogP contribution in [0.1, 0.15) is 33.3 Å². The SMILES string of the molecule is CC1(C)C(N)C(C)(C)C1NS(=O)(=O)CCc1ccncc1. The van der Waals surface area contributed by atoms with Gasteiger partial charge in [-0.2, -0.15) is 0 Å². The Labute approximate surface area is 127 Å². The Hall–Kier alpha value is -0.980. The van der Waals surface area contributed by atoms with Crippen molar-refractivity contribution in [2.24, 2.45) is 16.6 Å². The van der Waals surface area contributed by atoms with E-state index in [0.717, 1.165) is 5.56 Å². The molecule has 3 N–H and O–H groups in total. The Bertz CT molecular complexity index is 581. The maximum atomic E-state index is 12.3. The van der Waals surface area contributed by atoms with Gasteiger partial charge in [-0.25, -0.2) is 13.1 Å². The minimum Gasteiger partial charge on any atom is -0.327 e. The number of nitrogens with one attached hydrogen (secondary N) is 1. The first-order valence-corrected chi connectivity index (χ1v) is 8.87. The van der Waals surface area contributed by atoms with Crippen LogP contribution in [0, 0.1) is 10.8 Å². The van der Waals surface area contributed by atoms with Gasteiger partial charge in [-0.05, 0) is 34.9 Å². The van der Waals surface area contributed by atoms with E-state index in [1.165, 1.54) is 0 Å². The summed E-state index contributed by atoms with van der Waals surface area (Å²) in [6.07, 6.45) is 3.83. The fraction of sp³-hybridized carbons (Fsp3) is 0.667. The number of sulfonamides is 1. The lowest BCUT2D eigenvalue weighted by atomic mass is 9.49. The van der Waals surface area contributed by atoms with Crippen molar-refractivity contribution in [2.75, 3.05) is 5.75 Å². The lowest BCUT2D eigenvalue weighted by molar-refractivity contribution is -0.0593. The average molecular weight is 311 g/mol. The number of nitrogens with two attached hydrogens (primary N) is 1. The molecule has 0 aliphatic heterocycles. The minimum absolute atomic E-state index is 0.0158. The molecule has 0 atom stereocenters. The van der Waals surface area contributed by atoms with Crippen molar-refractivity contribution in [3.63, 3.8) is 0 Å². The fourth-order valence-electron chi connectivity index (χ4n) is 3.52. The van der Waals surface area contributed by atoms with E-state index in [9.17, 15) is 8.42 Å². The second kappa shape index (κ2) is 5.34. The van der Waals surface area contributed by atoms with Crippen molar-refractivity contribution in [2.45, 2.75) is 46.2 Å². The zero-order chi connectivity index (χ0) is 15.9. The minimum atomic E-state index is -3.33. The van der Waals surface area contributed by atoms with Crippen LogP contribution in [0.4, 0.5) is 0 Å². The van der Waals surface area contributed by atoms with Crippen LogP contribution in [0.15, 0.2) is 24.5 Å². The zero-order valence-corrected chi connectivity index (χ0v) is 13.9. The normalized spacial score (nSPS) is 27.1. The quantitative estimate of drug-likeness (QED) is 0.858. The van der Waals surface area contributed by atoms with Gasteiger partial charge in [0, 0.05) is 24.5 Å². The molecule has 0 aromatic carbocycles. The topological polar surface area (TPSA) is 85.1 Å². The number of rotatable bonds is 5. The molecule has 5 nitrogen and oxygen atoms in total. The molecule has 21 heavy (non-hydrogen) atoms. The smallest absolute Gasteiger partial charge is 0.212 e. The molecule has 0 spiro atoms. The van der Waals surface area contributed by atoms with Crippen LogP contribution >= 0.6 is 0 Å². The van der Waals surface area contributed by atoms with Crippen molar-refractivity contribution in [1.29, 1.82) is 0 Å². The molecular formula is C15H25N3O2S. The van der Waals surface area contributed by atoms with Gasteiger partial charge in [-0.1, -0.05) is 27.7 Å². The number of aryl methyl sites for hydroxylation is 1. The van der Waals surface area contributed by atoms with Crippen molar-refractivity contribution in [1.82, 2.24) is 9.71 Å². The summed E-state index contributed by atoms with van der Waals surface area (Å²) in [6, 6.07) is 3.52. The first-order chi connectivity index (χ1) is 9.57. The summed E-state index contributed by atoms with van der Waals surface area (Å²) >= 11 is 0. The molecule has 1 aliphatic carbocycles. The Balaban J connectivity index is 2.02. The highest BCUT2D eigenvalue weighted by Crippen LogP contribution is 2.52. The maximum Gasteiger partial charge on any atom is 0.212 e. The number of aromatic nitrogens is 1. The number of nitrogens with zero attached hydrogens (tertiary/aromatic N) is 1. The summed E-state index contributed by atoms with van der Waals surface area (Å²) in [4.78, 5) is 3.93. The molecule has 1 aromatic rings. The van der Waals surface area contributed by atoms with Crippen LogP contribution in [0.3, 0.4) is 0 Å². The maximum absolute atomic E-state index is 12.3. The molecule has 1 saturated carbocycles. The van der Waals surface area contributed by atoms with Gasteiger partial charge in [0.15, 0.2) is 0 Å². The number of pyridine rings is 1. The zero-order valence-electron chi connectivity index (χ0n) is 13.1. The highest BCUT2D eigenvalue weighted by atomic mass is 32.2. The van der Waals surface area contributed by atoms with Crippen molar-refractivity contribution in [3.05, 3.63) is 30.1 Å². The molecular weight excluding hydrogens is 286 g/mol. The van der Waals surface area contributed by atoms with E-state index in [-0.39, 0.29) is 28.7 Å². The second-order valence-corrected chi connectivity index (χ2v) is 8.97. The lowest BCUT2D eigenvalue weighted by Crippen LogP contribution is -2.76. The molecule has 2 rings (SSSR count). The molecule has 0 saturated heterocycles. The molecule has 0 unspecified atom stereocenters. The second-order valence-electron chi connectivity index (χ2n) is 7.10. The third kappa shape index (κ3) is 3.12. The molecule has 1 fully saturated rings. The van der Waals surface area contributed by atoms with Gasteiger partial charge in [0.25, 0.3) is 0 Å². The lowest BCUT2D eigenvalue weighted by Gasteiger charge is -2.62. The summed E-state index contributed by atoms with van der Waals surface area (Å²) in [7, 11) is -3.33. The highest BCUT2D eigenvalue weighted by molar-refractivity contribution is 7.89. The van der Waals surface area contributed by atoms with Gasteiger partial charge in [0.1, 0.15) is 0 Å². The van der Waals surface area contributed by atoms with Crippen molar-refractivity contribution < 1.29 is 8.42 Å². The Morgan fingerprint density at radius 1 is 1.19 bits per heavy atom. The molecule has 0 radical (unpaired) electrons. The van der Waals surface area contributed by atoms with E-state index < -0.39 is 10.0 Å².